The topological polar surface area (TPSA) is 51.8 Å². The molecule has 6 heteroatoms. The number of nitrogens with zero attached hydrogens (tertiary/aromatic N) is 2. The molecular formula is C10H6BrClFN3. The molecule has 16 heavy (non-hydrogen) atoms. The SMILES string of the molecule is Nc1nc(-c2cc(F)cc(Cl)c2)ncc1Br. The molecule has 0 saturated carbocycles. The van der Waals surface area contributed by atoms with Crippen molar-refractivity contribution in [3.63, 3.8) is 0 Å². The highest BCUT2D eigenvalue weighted by atomic mass is 79.9. The van der Waals surface area contributed by atoms with Gasteiger partial charge in [-0.2, -0.15) is 0 Å². The molecule has 0 spiro atoms. The number of anilines is 1. The molecular weight excluding hydrogens is 296 g/mol. The van der Waals surface area contributed by atoms with Gasteiger partial charge in [0, 0.05) is 16.8 Å². The van der Waals surface area contributed by atoms with Crippen molar-refractivity contribution in [3.8, 4) is 11.4 Å². The maximum Gasteiger partial charge on any atom is 0.161 e. The Morgan fingerprint density at radius 1 is 1.31 bits per heavy atom. The summed E-state index contributed by atoms with van der Waals surface area (Å²) in [5.74, 6) is 0.195. The van der Waals surface area contributed by atoms with Crippen molar-refractivity contribution in [2.75, 3.05) is 5.73 Å². The minimum atomic E-state index is -0.437. The first-order valence-corrected chi connectivity index (χ1v) is 5.48. The lowest BCUT2D eigenvalue weighted by molar-refractivity contribution is 0.628. The summed E-state index contributed by atoms with van der Waals surface area (Å²) in [7, 11) is 0. The third kappa shape index (κ3) is 2.31. The minimum absolute atomic E-state index is 0.292. The number of hydrogen-bond donors (Lipinski definition) is 1. The molecule has 1 aromatic heterocycles. The van der Waals surface area contributed by atoms with E-state index in [9.17, 15) is 4.39 Å². The van der Waals surface area contributed by atoms with Gasteiger partial charge in [0.05, 0.1) is 4.47 Å². The van der Waals surface area contributed by atoms with Crippen molar-refractivity contribution in [1.29, 1.82) is 0 Å². The van der Waals surface area contributed by atoms with Gasteiger partial charge in [-0.3, -0.25) is 0 Å². The molecule has 0 saturated heterocycles. The van der Waals surface area contributed by atoms with Crippen LogP contribution in [-0.2, 0) is 0 Å². The van der Waals surface area contributed by atoms with E-state index in [1.165, 1.54) is 18.3 Å². The Labute approximate surface area is 105 Å². The van der Waals surface area contributed by atoms with Gasteiger partial charge in [0.25, 0.3) is 0 Å². The lowest BCUT2D eigenvalue weighted by atomic mass is 10.2. The normalized spacial score (nSPS) is 10.4. The number of benzene rings is 1. The molecule has 82 valence electrons. The second kappa shape index (κ2) is 4.35. The largest absolute Gasteiger partial charge is 0.383 e. The van der Waals surface area contributed by atoms with E-state index in [1.807, 2.05) is 0 Å². The predicted molar refractivity (Wildman–Crippen MR) is 64.5 cm³/mol. The number of rotatable bonds is 1. The second-order valence-electron chi connectivity index (χ2n) is 3.08. The smallest absolute Gasteiger partial charge is 0.161 e. The average molecular weight is 303 g/mol. The molecule has 0 fully saturated rings. The van der Waals surface area contributed by atoms with Gasteiger partial charge in [-0.1, -0.05) is 11.6 Å². The zero-order valence-electron chi connectivity index (χ0n) is 7.92. The number of halogens is 3. The van der Waals surface area contributed by atoms with Gasteiger partial charge in [-0.05, 0) is 34.1 Å². The van der Waals surface area contributed by atoms with Crippen molar-refractivity contribution >= 4 is 33.3 Å². The number of nitrogen functional groups attached to an aromatic ring is 1. The fraction of sp³-hybridized carbons (Fsp3) is 0. The van der Waals surface area contributed by atoms with Crippen LogP contribution >= 0.6 is 27.5 Å². The van der Waals surface area contributed by atoms with Crippen LogP contribution in [0.25, 0.3) is 11.4 Å². The van der Waals surface area contributed by atoms with Crippen LogP contribution in [0.2, 0.25) is 5.02 Å². The van der Waals surface area contributed by atoms with Gasteiger partial charge in [0.15, 0.2) is 5.82 Å². The van der Waals surface area contributed by atoms with Gasteiger partial charge in [0.2, 0.25) is 0 Å². The molecule has 0 aliphatic rings. The van der Waals surface area contributed by atoms with Crippen molar-refractivity contribution in [2.45, 2.75) is 0 Å². The Morgan fingerprint density at radius 3 is 2.69 bits per heavy atom. The lowest BCUT2D eigenvalue weighted by Gasteiger charge is -2.03. The highest BCUT2D eigenvalue weighted by Gasteiger charge is 2.07. The monoisotopic (exact) mass is 301 g/mol. The van der Waals surface area contributed by atoms with Crippen molar-refractivity contribution in [2.24, 2.45) is 0 Å². The van der Waals surface area contributed by atoms with Crippen LogP contribution in [0.1, 0.15) is 0 Å². The fourth-order valence-corrected chi connectivity index (χ4v) is 1.62. The third-order valence-electron chi connectivity index (χ3n) is 1.89. The molecule has 0 aliphatic heterocycles. The maximum atomic E-state index is 13.1. The van der Waals surface area contributed by atoms with E-state index in [-0.39, 0.29) is 0 Å². The Hall–Kier alpha value is -1.20. The predicted octanol–water partition coefficient (Wildman–Crippen LogP) is 3.28. The van der Waals surface area contributed by atoms with E-state index in [0.29, 0.717) is 26.7 Å². The molecule has 1 heterocycles. The van der Waals surface area contributed by atoms with E-state index < -0.39 is 5.82 Å². The minimum Gasteiger partial charge on any atom is -0.383 e. The Kier molecular flexibility index (Phi) is 3.07. The molecule has 0 unspecified atom stereocenters. The first-order valence-electron chi connectivity index (χ1n) is 4.31. The van der Waals surface area contributed by atoms with Gasteiger partial charge in [-0.25, -0.2) is 14.4 Å². The number of hydrogen-bond acceptors (Lipinski definition) is 3. The van der Waals surface area contributed by atoms with Crippen molar-refractivity contribution in [3.05, 3.63) is 39.7 Å². The Morgan fingerprint density at radius 2 is 2.06 bits per heavy atom. The first kappa shape index (κ1) is 11.3. The van der Waals surface area contributed by atoms with Crippen molar-refractivity contribution in [1.82, 2.24) is 9.97 Å². The summed E-state index contributed by atoms with van der Waals surface area (Å²) in [6, 6.07) is 4.09. The van der Waals surface area contributed by atoms with Crippen LogP contribution in [0, 0.1) is 5.82 Å². The van der Waals surface area contributed by atoms with Crippen LogP contribution < -0.4 is 5.73 Å². The molecule has 2 N–H and O–H groups in total. The van der Waals surface area contributed by atoms with Crippen LogP contribution in [0.15, 0.2) is 28.9 Å². The van der Waals surface area contributed by atoms with Crippen LogP contribution in [-0.4, -0.2) is 9.97 Å². The fourth-order valence-electron chi connectivity index (χ4n) is 1.20. The molecule has 2 rings (SSSR count). The maximum absolute atomic E-state index is 13.1. The number of nitrogens with two attached hydrogens (primary N) is 1. The summed E-state index contributed by atoms with van der Waals surface area (Å²) in [5, 5.41) is 0.292. The van der Waals surface area contributed by atoms with Gasteiger partial charge < -0.3 is 5.73 Å². The Bertz CT molecular complexity index is 527. The quantitative estimate of drug-likeness (QED) is 0.879. The zero-order valence-corrected chi connectivity index (χ0v) is 10.3. The van der Waals surface area contributed by atoms with E-state index in [2.05, 4.69) is 25.9 Å². The van der Waals surface area contributed by atoms with Crippen LogP contribution in [0.4, 0.5) is 10.2 Å². The molecule has 0 atom stereocenters. The average Bonchev–Trinajstić information content (AvgIpc) is 2.20. The molecule has 0 bridgehead atoms. The van der Waals surface area contributed by atoms with E-state index in [1.54, 1.807) is 6.07 Å². The standard InChI is InChI=1S/C10H6BrClFN3/c11-8-4-15-10(16-9(8)14)5-1-6(12)3-7(13)2-5/h1-4H,(H2,14,15,16). The van der Waals surface area contributed by atoms with Gasteiger partial charge in [0.1, 0.15) is 11.6 Å². The lowest BCUT2D eigenvalue weighted by Crippen LogP contribution is -1.96. The summed E-state index contributed by atoms with van der Waals surface area (Å²) in [6.07, 6.45) is 1.51. The number of aromatic nitrogens is 2. The van der Waals surface area contributed by atoms with Gasteiger partial charge >= 0.3 is 0 Å². The summed E-state index contributed by atoms with van der Waals surface area (Å²) in [6.45, 7) is 0. The second-order valence-corrected chi connectivity index (χ2v) is 4.38. The van der Waals surface area contributed by atoms with E-state index in [4.69, 9.17) is 17.3 Å². The van der Waals surface area contributed by atoms with E-state index in [0.717, 1.165) is 0 Å². The summed E-state index contributed by atoms with van der Waals surface area (Å²) in [4.78, 5) is 8.05. The highest BCUT2D eigenvalue weighted by Crippen LogP contribution is 2.24. The summed E-state index contributed by atoms with van der Waals surface area (Å²) < 4.78 is 13.7. The molecule has 3 nitrogen and oxygen atoms in total. The van der Waals surface area contributed by atoms with Crippen molar-refractivity contribution < 1.29 is 4.39 Å². The first-order chi connectivity index (χ1) is 7.56. The molecule has 0 amide bonds. The zero-order chi connectivity index (χ0) is 11.7. The van der Waals surface area contributed by atoms with Crippen LogP contribution in [0.5, 0.6) is 0 Å². The van der Waals surface area contributed by atoms with Gasteiger partial charge in [-0.15, -0.1) is 0 Å². The molecule has 2 aromatic rings. The summed E-state index contributed by atoms with van der Waals surface area (Å²) >= 11 is 8.92. The molecule has 0 radical (unpaired) electrons. The van der Waals surface area contributed by atoms with E-state index >= 15 is 0 Å². The molecule has 0 aliphatic carbocycles. The highest BCUT2D eigenvalue weighted by molar-refractivity contribution is 9.10. The Balaban J connectivity index is 2.54. The third-order valence-corrected chi connectivity index (χ3v) is 2.72. The molecule has 1 aromatic carbocycles. The summed E-state index contributed by atoms with van der Waals surface area (Å²) in [5.41, 5.74) is 6.10. The van der Waals surface area contributed by atoms with Crippen LogP contribution in [0.3, 0.4) is 0 Å².